The number of rotatable bonds is 5. The van der Waals surface area contributed by atoms with Crippen LogP contribution in [-0.4, -0.2) is 11.0 Å². The van der Waals surface area contributed by atoms with Gasteiger partial charge in [0, 0.05) is 17.3 Å². The highest BCUT2D eigenvalue weighted by atomic mass is 32.1. The van der Waals surface area contributed by atoms with Crippen LogP contribution in [0.5, 0.6) is 0 Å². The standard InChI is InChI=1S/C12H23N3S/c1-7(2)8(3)11(15-13)6-12-14-9(4)10(5)16-12/h7-8,11,15H,6,13H2,1-5H3. The van der Waals surface area contributed by atoms with Crippen molar-refractivity contribution in [2.75, 3.05) is 0 Å². The second kappa shape index (κ2) is 5.75. The SMILES string of the molecule is Cc1nc(CC(NN)C(C)C(C)C)sc1C. The first-order valence-corrected chi connectivity index (χ1v) is 6.66. The lowest BCUT2D eigenvalue weighted by atomic mass is 9.89. The molecule has 0 fully saturated rings. The number of thiazole rings is 1. The molecule has 0 aliphatic heterocycles. The van der Waals surface area contributed by atoms with E-state index in [2.05, 4.69) is 45.0 Å². The van der Waals surface area contributed by atoms with Crippen molar-refractivity contribution in [1.29, 1.82) is 0 Å². The van der Waals surface area contributed by atoms with E-state index in [1.807, 2.05) is 0 Å². The largest absolute Gasteiger partial charge is 0.271 e. The summed E-state index contributed by atoms with van der Waals surface area (Å²) in [7, 11) is 0. The van der Waals surface area contributed by atoms with Gasteiger partial charge in [-0.3, -0.25) is 11.3 Å². The molecular formula is C12H23N3S. The topological polar surface area (TPSA) is 50.9 Å². The molecule has 0 aliphatic carbocycles. The summed E-state index contributed by atoms with van der Waals surface area (Å²) in [6.45, 7) is 10.9. The van der Waals surface area contributed by atoms with E-state index in [1.165, 1.54) is 9.88 Å². The molecule has 3 N–H and O–H groups in total. The average Bonchev–Trinajstić information content (AvgIpc) is 2.53. The first kappa shape index (κ1) is 13.6. The van der Waals surface area contributed by atoms with Crippen LogP contribution in [0.3, 0.4) is 0 Å². The van der Waals surface area contributed by atoms with Crippen LogP contribution in [0.2, 0.25) is 0 Å². The summed E-state index contributed by atoms with van der Waals surface area (Å²) in [5, 5.41) is 1.19. The number of hydrogen-bond donors (Lipinski definition) is 2. The maximum atomic E-state index is 5.63. The number of hydrazine groups is 1. The predicted octanol–water partition coefficient (Wildman–Crippen LogP) is 2.43. The van der Waals surface area contributed by atoms with Gasteiger partial charge in [0.05, 0.1) is 10.7 Å². The Kier molecular flexibility index (Phi) is 4.89. The number of nitrogens with two attached hydrogens (primary N) is 1. The van der Waals surface area contributed by atoms with Gasteiger partial charge in [-0.1, -0.05) is 20.8 Å². The summed E-state index contributed by atoms with van der Waals surface area (Å²) >= 11 is 1.78. The van der Waals surface area contributed by atoms with Crippen LogP contribution < -0.4 is 11.3 Å². The summed E-state index contributed by atoms with van der Waals surface area (Å²) in [6.07, 6.45) is 0.926. The molecule has 92 valence electrons. The Bertz CT molecular complexity index is 314. The molecular weight excluding hydrogens is 218 g/mol. The minimum absolute atomic E-state index is 0.310. The van der Waals surface area contributed by atoms with Gasteiger partial charge in [-0.25, -0.2) is 4.98 Å². The Hall–Kier alpha value is -0.450. The summed E-state index contributed by atoms with van der Waals surface area (Å²) in [5.41, 5.74) is 4.07. The van der Waals surface area contributed by atoms with Gasteiger partial charge in [-0.15, -0.1) is 11.3 Å². The van der Waals surface area contributed by atoms with Gasteiger partial charge in [0.15, 0.2) is 0 Å². The van der Waals surface area contributed by atoms with E-state index in [1.54, 1.807) is 11.3 Å². The zero-order valence-corrected chi connectivity index (χ0v) is 11.7. The van der Waals surface area contributed by atoms with Gasteiger partial charge in [0.2, 0.25) is 0 Å². The Labute approximate surface area is 102 Å². The van der Waals surface area contributed by atoms with Crippen LogP contribution in [0.25, 0.3) is 0 Å². The van der Waals surface area contributed by atoms with E-state index in [0.29, 0.717) is 17.9 Å². The smallest absolute Gasteiger partial charge is 0.0947 e. The van der Waals surface area contributed by atoms with Crippen LogP contribution >= 0.6 is 11.3 Å². The van der Waals surface area contributed by atoms with Crippen molar-refractivity contribution in [3.63, 3.8) is 0 Å². The van der Waals surface area contributed by atoms with Crippen LogP contribution in [0, 0.1) is 25.7 Å². The van der Waals surface area contributed by atoms with E-state index in [0.717, 1.165) is 12.1 Å². The zero-order chi connectivity index (χ0) is 12.3. The van der Waals surface area contributed by atoms with Gasteiger partial charge in [-0.05, 0) is 25.7 Å². The highest BCUT2D eigenvalue weighted by molar-refractivity contribution is 7.11. The number of aryl methyl sites for hydroxylation is 2. The zero-order valence-electron chi connectivity index (χ0n) is 10.9. The van der Waals surface area contributed by atoms with E-state index < -0.39 is 0 Å². The molecule has 1 heterocycles. The van der Waals surface area contributed by atoms with Crippen molar-refractivity contribution in [3.05, 3.63) is 15.6 Å². The molecule has 0 radical (unpaired) electrons. The van der Waals surface area contributed by atoms with Crippen molar-refractivity contribution >= 4 is 11.3 Å². The fourth-order valence-corrected chi connectivity index (χ4v) is 2.67. The number of hydrogen-bond acceptors (Lipinski definition) is 4. The van der Waals surface area contributed by atoms with Gasteiger partial charge in [-0.2, -0.15) is 0 Å². The minimum Gasteiger partial charge on any atom is -0.271 e. The molecule has 1 aromatic heterocycles. The fourth-order valence-electron chi connectivity index (χ4n) is 1.68. The maximum absolute atomic E-state index is 5.63. The lowest BCUT2D eigenvalue weighted by molar-refractivity contribution is 0.299. The average molecular weight is 241 g/mol. The van der Waals surface area contributed by atoms with Crippen molar-refractivity contribution in [2.24, 2.45) is 17.7 Å². The fraction of sp³-hybridized carbons (Fsp3) is 0.750. The monoisotopic (exact) mass is 241 g/mol. The maximum Gasteiger partial charge on any atom is 0.0947 e. The molecule has 0 bridgehead atoms. The summed E-state index contributed by atoms with van der Waals surface area (Å²) in [4.78, 5) is 5.87. The molecule has 0 saturated heterocycles. The molecule has 0 aliphatic rings. The molecule has 1 aromatic rings. The van der Waals surface area contributed by atoms with E-state index in [-0.39, 0.29) is 0 Å². The van der Waals surface area contributed by atoms with Gasteiger partial charge >= 0.3 is 0 Å². The minimum atomic E-state index is 0.310. The molecule has 0 aromatic carbocycles. The molecule has 0 saturated carbocycles. The van der Waals surface area contributed by atoms with Crippen molar-refractivity contribution in [1.82, 2.24) is 10.4 Å². The van der Waals surface area contributed by atoms with E-state index in [4.69, 9.17) is 5.84 Å². The molecule has 16 heavy (non-hydrogen) atoms. The Morgan fingerprint density at radius 3 is 2.31 bits per heavy atom. The van der Waals surface area contributed by atoms with Crippen LogP contribution in [-0.2, 0) is 6.42 Å². The first-order valence-electron chi connectivity index (χ1n) is 5.84. The molecule has 0 spiro atoms. The summed E-state index contributed by atoms with van der Waals surface area (Å²) in [6, 6.07) is 0.310. The van der Waals surface area contributed by atoms with E-state index in [9.17, 15) is 0 Å². The molecule has 0 amide bonds. The molecule has 3 nitrogen and oxygen atoms in total. The van der Waals surface area contributed by atoms with Gasteiger partial charge in [0.25, 0.3) is 0 Å². The highest BCUT2D eigenvalue weighted by Crippen LogP contribution is 2.22. The lowest BCUT2D eigenvalue weighted by Gasteiger charge is -2.25. The van der Waals surface area contributed by atoms with E-state index >= 15 is 0 Å². The Morgan fingerprint density at radius 2 is 1.94 bits per heavy atom. The summed E-state index contributed by atoms with van der Waals surface area (Å²) < 4.78 is 0. The van der Waals surface area contributed by atoms with Crippen molar-refractivity contribution in [3.8, 4) is 0 Å². The van der Waals surface area contributed by atoms with Crippen LogP contribution in [0.15, 0.2) is 0 Å². The van der Waals surface area contributed by atoms with Crippen LogP contribution in [0.4, 0.5) is 0 Å². The third-order valence-electron chi connectivity index (χ3n) is 3.37. The third-order valence-corrected chi connectivity index (χ3v) is 4.46. The Morgan fingerprint density at radius 1 is 1.31 bits per heavy atom. The lowest BCUT2D eigenvalue weighted by Crippen LogP contribution is -2.43. The summed E-state index contributed by atoms with van der Waals surface area (Å²) in [5.74, 6) is 6.81. The van der Waals surface area contributed by atoms with Crippen molar-refractivity contribution < 1.29 is 0 Å². The number of nitrogens with one attached hydrogen (secondary N) is 1. The first-order chi connectivity index (χ1) is 7.45. The quantitative estimate of drug-likeness (QED) is 0.615. The molecule has 4 heteroatoms. The second-order valence-corrected chi connectivity index (χ2v) is 6.12. The Balaban J connectivity index is 2.70. The number of aromatic nitrogens is 1. The number of nitrogens with zero attached hydrogens (tertiary/aromatic N) is 1. The molecule has 2 unspecified atom stereocenters. The van der Waals surface area contributed by atoms with Crippen LogP contribution in [0.1, 0.15) is 36.3 Å². The van der Waals surface area contributed by atoms with Gasteiger partial charge < -0.3 is 0 Å². The van der Waals surface area contributed by atoms with Gasteiger partial charge in [0.1, 0.15) is 0 Å². The molecule has 2 atom stereocenters. The molecule has 1 rings (SSSR count). The third kappa shape index (κ3) is 3.27. The predicted molar refractivity (Wildman–Crippen MR) is 70.4 cm³/mol. The highest BCUT2D eigenvalue weighted by Gasteiger charge is 2.20. The van der Waals surface area contributed by atoms with Crippen molar-refractivity contribution in [2.45, 2.75) is 47.1 Å². The normalized spacial score (nSPS) is 15.4. The second-order valence-electron chi connectivity index (χ2n) is 4.83.